The molecule has 0 aliphatic heterocycles. The number of nitrogens with two attached hydrogens (primary N) is 2. The van der Waals surface area contributed by atoms with Crippen molar-refractivity contribution in [2.24, 2.45) is 0 Å². The van der Waals surface area contributed by atoms with Crippen molar-refractivity contribution < 1.29 is 19.1 Å². The average molecular weight is 258 g/mol. The molecule has 0 fully saturated rings. The largest absolute Gasteiger partial charge is 0.462 e. The van der Waals surface area contributed by atoms with Gasteiger partial charge < -0.3 is 16.2 Å². The summed E-state index contributed by atoms with van der Waals surface area (Å²) in [4.78, 5) is 27.8. The third-order valence-corrected chi connectivity index (χ3v) is 2.79. The molecule has 0 spiro atoms. The summed E-state index contributed by atoms with van der Waals surface area (Å²) in [7, 11) is 0. The Bertz CT molecular complexity index is 422. The lowest BCUT2D eigenvalue weighted by molar-refractivity contribution is -0.191. The summed E-state index contributed by atoms with van der Waals surface area (Å²) in [5.41, 5.74) is 12.6. The quantitative estimate of drug-likeness (QED) is 0.784. The van der Waals surface area contributed by atoms with Gasteiger partial charge in [0.2, 0.25) is 0 Å². The summed E-state index contributed by atoms with van der Waals surface area (Å²) in [6, 6.07) is 0. The number of hydrogen-bond acceptors (Lipinski definition) is 7. The molecule has 0 aromatic carbocycles. The third-order valence-electron chi connectivity index (χ3n) is 1.90. The molecule has 94 valence electrons. The Balaban J connectivity index is 0.000000770. The molecule has 1 rings (SSSR count). The summed E-state index contributed by atoms with van der Waals surface area (Å²) in [6.07, 6.45) is 0.938. The van der Waals surface area contributed by atoms with Gasteiger partial charge >= 0.3 is 12.1 Å². The second kappa shape index (κ2) is 7.43. The van der Waals surface area contributed by atoms with E-state index in [0.717, 1.165) is 5.56 Å². The number of nitrogen functional groups attached to an aromatic ring is 2. The highest BCUT2D eigenvalue weighted by molar-refractivity contribution is 7.20. The minimum Gasteiger partial charge on any atom is -0.462 e. The molecule has 0 saturated heterocycles. The highest BCUT2D eigenvalue weighted by Crippen LogP contribution is 2.34. The first-order chi connectivity index (χ1) is 8.03. The molecule has 0 aliphatic carbocycles. The fraction of sp³-hybridized carbons (Fsp3) is 0.400. The standard InChI is InChI=1S/C9H14N2O2S.CO2/c1-3-5-6(9(12)13-4-2)8(11)14-7(5)10;2-1-3/h3-4,10-11H2,1-2H3;. The fourth-order valence-corrected chi connectivity index (χ4v) is 2.20. The zero-order chi connectivity index (χ0) is 13.4. The Morgan fingerprint density at radius 3 is 2.24 bits per heavy atom. The predicted molar refractivity (Wildman–Crippen MR) is 63.5 cm³/mol. The molecule has 0 bridgehead atoms. The number of carbonyl (C=O) groups is 1. The minimum atomic E-state index is -0.380. The Kier molecular flexibility index (Phi) is 6.62. The molecule has 0 unspecified atom stereocenters. The van der Waals surface area contributed by atoms with Crippen molar-refractivity contribution in [3.63, 3.8) is 0 Å². The highest BCUT2D eigenvalue weighted by atomic mass is 32.1. The topological polar surface area (TPSA) is 112 Å². The van der Waals surface area contributed by atoms with Crippen LogP contribution in [0.4, 0.5) is 10.0 Å². The van der Waals surface area contributed by atoms with Gasteiger partial charge in [0.25, 0.3) is 0 Å². The molecule has 1 aromatic heterocycles. The first-order valence-corrected chi connectivity index (χ1v) is 5.68. The summed E-state index contributed by atoms with van der Waals surface area (Å²) in [6.45, 7) is 4.03. The van der Waals surface area contributed by atoms with Crippen molar-refractivity contribution in [3.8, 4) is 0 Å². The van der Waals surface area contributed by atoms with E-state index in [4.69, 9.17) is 25.8 Å². The third kappa shape index (κ3) is 3.90. The molecule has 4 N–H and O–H groups in total. The lowest BCUT2D eigenvalue weighted by atomic mass is 10.1. The van der Waals surface area contributed by atoms with Gasteiger partial charge in [-0.15, -0.1) is 11.3 Å². The number of rotatable bonds is 3. The van der Waals surface area contributed by atoms with Gasteiger partial charge in [-0.05, 0) is 13.3 Å². The van der Waals surface area contributed by atoms with Gasteiger partial charge in [0.1, 0.15) is 5.00 Å². The van der Waals surface area contributed by atoms with Gasteiger partial charge in [-0.2, -0.15) is 9.59 Å². The number of ether oxygens (including phenoxy) is 1. The van der Waals surface area contributed by atoms with Gasteiger partial charge in [0.05, 0.1) is 17.2 Å². The van der Waals surface area contributed by atoms with Crippen LogP contribution in [-0.4, -0.2) is 18.7 Å². The van der Waals surface area contributed by atoms with E-state index in [9.17, 15) is 4.79 Å². The van der Waals surface area contributed by atoms with E-state index in [-0.39, 0.29) is 12.1 Å². The Morgan fingerprint density at radius 2 is 1.82 bits per heavy atom. The Morgan fingerprint density at radius 1 is 1.29 bits per heavy atom. The number of esters is 1. The molecule has 1 aromatic rings. The van der Waals surface area contributed by atoms with E-state index in [2.05, 4.69) is 0 Å². The van der Waals surface area contributed by atoms with Crippen LogP contribution in [0.1, 0.15) is 29.8 Å². The van der Waals surface area contributed by atoms with E-state index < -0.39 is 0 Å². The maximum absolute atomic E-state index is 11.5. The first-order valence-electron chi connectivity index (χ1n) is 4.86. The minimum absolute atomic E-state index is 0.250. The lowest BCUT2D eigenvalue weighted by Crippen LogP contribution is -2.08. The van der Waals surface area contributed by atoms with Crippen LogP contribution >= 0.6 is 11.3 Å². The predicted octanol–water partition coefficient (Wildman–Crippen LogP) is 1.07. The van der Waals surface area contributed by atoms with Crippen molar-refractivity contribution in [2.45, 2.75) is 20.3 Å². The molecule has 6 nitrogen and oxygen atoms in total. The molecule has 7 heteroatoms. The monoisotopic (exact) mass is 258 g/mol. The number of thiophene rings is 1. The van der Waals surface area contributed by atoms with Crippen LogP contribution < -0.4 is 11.5 Å². The number of hydrogen-bond donors (Lipinski definition) is 2. The van der Waals surface area contributed by atoms with Crippen LogP contribution in [-0.2, 0) is 20.7 Å². The summed E-state index contributed by atoms with van der Waals surface area (Å²) >= 11 is 1.23. The maximum Gasteiger partial charge on any atom is 0.373 e. The maximum atomic E-state index is 11.5. The zero-order valence-corrected chi connectivity index (χ0v) is 10.4. The molecular formula is C10H14N2O4S. The number of carbonyl (C=O) groups excluding carboxylic acids is 3. The fourth-order valence-electron chi connectivity index (χ4n) is 1.28. The van der Waals surface area contributed by atoms with Crippen LogP contribution in [0, 0.1) is 0 Å². The van der Waals surface area contributed by atoms with Gasteiger partial charge in [-0.1, -0.05) is 6.92 Å². The second-order valence-electron chi connectivity index (χ2n) is 2.84. The van der Waals surface area contributed by atoms with Gasteiger partial charge in [0, 0.05) is 5.56 Å². The van der Waals surface area contributed by atoms with E-state index in [1.807, 2.05) is 6.92 Å². The summed E-state index contributed by atoms with van der Waals surface area (Å²) < 4.78 is 4.90. The van der Waals surface area contributed by atoms with Crippen LogP contribution in [0.3, 0.4) is 0 Å². The van der Waals surface area contributed by atoms with Crippen molar-refractivity contribution in [3.05, 3.63) is 11.1 Å². The summed E-state index contributed by atoms with van der Waals surface area (Å²) in [5.74, 6) is -0.380. The first kappa shape index (κ1) is 15.2. The van der Waals surface area contributed by atoms with Crippen LogP contribution in [0.15, 0.2) is 0 Å². The highest BCUT2D eigenvalue weighted by Gasteiger charge is 2.20. The van der Waals surface area contributed by atoms with Crippen molar-refractivity contribution in [2.75, 3.05) is 18.1 Å². The average Bonchev–Trinajstić information content (AvgIpc) is 2.54. The SMILES string of the molecule is CCOC(=O)c1c(N)sc(N)c1CC.O=C=O. The molecule has 0 amide bonds. The lowest BCUT2D eigenvalue weighted by Gasteiger charge is -2.03. The van der Waals surface area contributed by atoms with Crippen molar-refractivity contribution >= 4 is 33.5 Å². The molecule has 17 heavy (non-hydrogen) atoms. The van der Waals surface area contributed by atoms with Crippen LogP contribution in [0.5, 0.6) is 0 Å². The van der Waals surface area contributed by atoms with Crippen LogP contribution in [0.2, 0.25) is 0 Å². The van der Waals surface area contributed by atoms with E-state index in [1.54, 1.807) is 6.92 Å². The van der Waals surface area contributed by atoms with E-state index in [0.29, 0.717) is 28.6 Å². The number of anilines is 2. The van der Waals surface area contributed by atoms with Crippen molar-refractivity contribution in [1.29, 1.82) is 0 Å². The molecular weight excluding hydrogens is 244 g/mol. The molecule has 0 atom stereocenters. The van der Waals surface area contributed by atoms with Crippen LogP contribution in [0.25, 0.3) is 0 Å². The molecule has 0 saturated carbocycles. The zero-order valence-electron chi connectivity index (χ0n) is 9.61. The normalized spacial score (nSPS) is 8.82. The Labute approximate surface area is 103 Å². The molecule has 0 aliphatic rings. The Hall–Kier alpha value is -1.85. The van der Waals surface area contributed by atoms with Crippen molar-refractivity contribution in [1.82, 2.24) is 0 Å². The van der Waals surface area contributed by atoms with Gasteiger partial charge in [0.15, 0.2) is 0 Å². The summed E-state index contributed by atoms with van der Waals surface area (Å²) in [5, 5.41) is 1.05. The van der Waals surface area contributed by atoms with Gasteiger partial charge in [-0.25, -0.2) is 4.79 Å². The van der Waals surface area contributed by atoms with E-state index in [1.165, 1.54) is 11.3 Å². The smallest absolute Gasteiger partial charge is 0.373 e. The molecule has 1 heterocycles. The van der Waals surface area contributed by atoms with E-state index >= 15 is 0 Å². The second-order valence-corrected chi connectivity index (χ2v) is 3.93. The molecule has 0 radical (unpaired) electrons. The van der Waals surface area contributed by atoms with Gasteiger partial charge in [-0.3, -0.25) is 0 Å².